The second-order valence-electron chi connectivity index (χ2n) is 3.85. The van der Waals surface area contributed by atoms with Crippen LogP contribution in [0.3, 0.4) is 0 Å². The van der Waals surface area contributed by atoms with Crippen molar-refractivity contribution < 1.29 is 4.74 Å². The minimum absolute atomic E-state index is 0.0762. The zero-order valence-electron chi connectivity index (χ0n) is 10.9. The molecule has 0 saturated heterocycles. The molecule has 0 amide bonds. The number of benzene rings is 1. The first-order valence-corrected chi connectivity index (χ1v) is 6.90. The summed E-state index contributed by atoms with van der Waals surface area (Å²) in [7, 11) is 1.72. The molecule has 0 aromatic heterocycles. The van der Waals surface area contributed by atoms with Gasteiger partial charge in [-0.3, -0.25) is 4.99 Å². The van der Waals surface area contributed by atoms with Crippen molar-refractivity contribution in [2.24, 2.45) is 4.99 Å². The molecule has 1 atom stereocenters. The summed E-state index contributed by atoms with van der Waals surface area (Å²) in [6.07, 6.45) is 0. The normalized spacial score (nSPS) is 20.9. The maximum Gasteiger partial charge on any atom is 0.208 e. The van der Waals surface area contributed by atoms with Gasteiger partial charge >= 0.3 is 0 Å². The van der Waals surface area contributed by atoms with Crippen molar-refractivity contribution >= 4 is 16.9 Å². The van der Waals surface area contributed by atoms with Crippen molar-refractivity contribution in [3.05, 3.63) is 47.4 Å². The van der Waals surface area contributed by atoms with E-state index in [-0.39, 0.29) is 5.25 Å². The molecule has 4 nitrogen and oxygen atoms in total. The monoisotopic (exact) mass is 273 g/mol. The van der Waals surface area contributed by atoms with E-state index >= 15 is 0 Å². The van der Waals surface area contributed by atoms with E-state index in [2.05, 4.69) is 16.4 Å². The first kappa shape index (κ1) is 13.5. The van der Waals surface area contributed by atoms with Gasteiger partial charge < -0.3 is 10.1 Å². The summed E-state index contributed by atoms with van der Waals surface area (Å²) in [6.45, 7) is 2.41. The van der Waals surface area contributed by atoms with Gasteiger partial charge in [-0.1, -0.05) is 42.1 Å². The van der Waals surface area contributed by atoms with Crippen LogP contribution < -0.4 is 5.32 Å². The Kier molecular flexibility index (Phi) is 4.48. The Bertz CT molecular complexity index is 546. The molecule has 0 spiro atoms. The van der Waals surface area contributed by atoms with Gasteiger partial charge in [0.25, 0.3) is 0 Å². The van der Waals surface area contributed by atoms with Crippen molar-refractivity contribution in [3.63, 3.8) is 0 Å². The summed E-state index contributed by atoms with van der Waals surface area (Å²) in [5, 5.41) is 13.1. The lowest BCUT2D eigenvalue weighted by atomic mass is 10.1. The number of nitriles is 1. The lowest BCUT2D eigenvalue weighted by Gasteiger charge is -2.26. The van der Waals surface area contributed by atoms with E-state index in [1.165, 1.54) is 11.8 Å². The summed E-state index contributed by atoms with van der Waals surface area (Å²) in [5.74, 6) is 0.512. The fourth-order valence-electron chi connectivity index (χ4n) is 1.82. The van der Waals surface area contributed by atoms with E-state index in [0.717, 1.165) is 10.7 Å². The Morgan fingerprint density at radius 3 is 2.74 bits per heavy atom. The highest BCUT2D eigenvalue weighted by atomic mass is 32.2. The van der Waals surface area contributed by atoms with Crippen LogP contribution >= 0.6 is 11.8 Å². The van der Waals surface area contributed by atoms with Crippen LogP contribution in [0.25, 0.3) is 0 Å². The van der Waals surface area contributed by atoms with Crippen molar-refractivity contribution in [3.8, 4) is 6.07 Å². The first-order valence-electron chi connectivity index (χ1n) is 6.02. The SMILES string of the molecule is CCOC1=C(C#N)C(c2ccccc2)SC(=NC)N1. The van der Waals surface area contributed by atoms with Gasteiger partial charge in [0.15, 0.2) is 5.17 Å². The fraction of sp³-hybridized carbons (Fsp3) is 0.286. The van der Waals surface area contributed by atoms with E-state index in [1.54, 1.807) is 7.05 Å². The predicted molar refractivity (Wildman–Crippen MR) is 77.5 cm³/mol. The molecule has 98 valence electrons. The number of rotatable bonds is 3. The van der Waals surface area contributed by atoms with Crippen molar-refractivity contribution in [2.75, 3.05) is 13.7 Å². The highest BCUT2D eigenvalue weighted by Gasteiger charge is 2.29. The topological polar surface area (TPSA) is 57.4 Å². The molecule has 0 bridgehead atoms. The van der Waals surface area contributed by atoms with Crippen molar-refractivity contribution in [2.45, 2.75) is 12.2 Å². The largest absolute Gasteiger partial charge is 0.478 e. The molecular weight excluding hydrogens is 258 g/mol. The van der Waals surface area contributed by atoms with E-state index in [9.17, 15) is 5.26 Å². The number of amidine groups is 1. The number of nitrogens with zero attached hydrogens (tertiary/aromatic N) is 2. The molecule has 1 aromatic rings. The summed E-state index contributed by atoms with van der Waals surface area (Å²) < 4.78 is 5.52. The van der Waals surface area contributed by atoms with Crippen LogP contribution in [0, 0.1) is 11.3 Å². The van der Waals surface area contributed by atoms with E-state index in [1.807, 2.05) is 37.3 Å². The summed E-state index contributed by atoms with van der Waals surface area (Å²) in [4.78, 5) is 4.17. The molecule has 1 aromatic carbocycles. The second kappa shape index (κ2) is 6.30. The van der Waals surface area contributed by atoms with Crippen LogP contribution in [0.4, 0.5) is 0 Å². The van der Waals surface area contributed by atoms with Gasteiger partial charge in [0.2, 0.25) is 5.88 Å². The van der Waals surface area contributed by atoms with E-state index < -0.39 is 0 Å². The van der Waals surface area contributed by atoms with Gasteiger partial charge in [-0.2, -0.15) is 5.26 Å². The minimum Gasteiger partial charge on any atom is -0.478 e. The Morgan fingerprint density at radius 1 is 1.42 bits per heavy atom. The predicted octanol–water partition coefficient (Wildman–Crippen LogP) is 2.82. The number of nitrogens with one attached hydrogen (secondary N) is 1. The number of thioether (sulfide) groups is 1. The Hall–Kier alpha value is -1.93. The molecule has 19 heavy (non-hydrogen) atoms. The number of ether oxygens (including phenoxy) is 1. The molecule has 2 rings (SSSR count). The van der Waals surface area contributed by atoms with Crippen LogP contribution in [0.5, 0.6) is 0 Å². The zero-order chi connectivity index (χ0) is 13.7. The molecule has 1 aliphatic rings. The Labute approximate surface area is 117 Å². The third kappa shape index (κ3) is 2.91. The fourth-order valence-corrected chi connectivity index (χ4v) is 2.87. The number of hydrogen-bond acceptors (Lipinski definition) is 4. The average molecular weight is 273 g/mol. The first-order chi connectivity index (χ1) is 9.30. The maximum atomic E-state index is 9.40. The average Bonchev–Trinajstić information content (AvgIpc) is 2.47. The van der Waals surface area contributed by atoms with Gasteiger partial charge in [-0.15, -0.1) is 0 Å². The number of aliphatic imine (C=N–C) groups is 1. The van der Waals surface area contributed by atoms with Gasteiger partial charge in [-0.05, 0) is 12.5 Å². The van der Waals surface area contributed by atoms with Crippen LogP contribution in [0.1, 0.15) is 17.7 Å². The lowest BCUT2D eigenvalue weighted by molar-refractivity contribution is 0.213. The van der Waals surface area contributed by atoms with E-state index in [0.29, 0.717) is 18.1 Å². The van der Waals surface area contributed by atoms with Crippen molar-refractivity contribution in [1.82, 2.24) is 5.32 Å². The molecule has 0 fully saturated rings. The summed E-state index contributed by atoms with van der Waals surface area (Å²) >= 11 is 1.53. The summed E-state index contributed by atoms with van der Waals surface area (Å²) in [6, 6.07) is 12.2. The molecule has 0 saturated carbocycles. The second-order valence-corrected chi connectivity index (χ2v) is 4.94. The highest BCUT2D eigenvalue weighted by molar-refractivity contribution is 8.14. The van der Waals surface area contributed by atoms with Gasteiger partial charge in [-0.25, -0.2) is 0 Å². The van der Waals surface area contributed by atoms with Crippen LogP contribution in [-0.2, 0) is 4.74 Å². The maximum absolute atomic E-state index is 9.40. The molecule has 5 heteroatoms. The van der Waals surface area contributed by atoms with Crippen molar-refractivity contribution in [1.29, 1.82) is 5.26 Å². The van der Waals surface area contributed by atoms with Gasteiger partial charge in [0, 0.05) is 7.05 Å². The molecule has 1 N–H and O–H groups in total. The van der Waals surface area contributed by atoms with Gasteiger partial charge in [0.1, 0.15) is 11.6 Å². The molecule has 0 aliphatic carbocycles. The zero-order valence-corrected chi connectivity index (χ0v) is 11.7. The standard InChI is InChI=1S/C14H15N3OS/c1-3-18-13-11(9-15)12(19-14(16-2)17-13)10-7-5-4-6-8-10/h4-8,12H,3H2,1-2H3,(H,16,17). The lowest BCUT2D eigenvalue weighted by Crippen LogP contribution is -2.29. The van der Waals surface area contributed by atoms with Crippen LogP contribution in [-0.4, -0.2) is 18.8 Å². The molecule has 1 unspecified atom stereocenters. The minimum atomic E-state index is -0.0762. The Morgan fingerprint density at radius 2 is 2.16 bits per heavy atom. The Balaban J connectivity index is 2.45. The van der Waals surface area contributed by atoms with Gasteiger partial charge in [0.05, 0.1) is 11.9 Å². The molecule has 1 heterocycles. The number of hydrogen-bond donors (Lipinski definition) is 1. The third-order valence-corrected chi connectivity index (χ3v) is 3.92. The molecular formula is C14H15N3OS. The molecule has 1 aliphatic heterocycles. The molecule has 0 radical (unpaired) electrons. The quantitative estimate of drug-likeness (QED) is 0.920. The highest BCUT2D eigenvalue weighted by Crippen LogP contribution is 2.40. The summed E-state index contributed by atoms with van der Waals surface area (Å²) in [5.41, 5.74) is 1.68. The van der Waals surface area contributed by atoms with Crippen LogP contribution in [0.15, 0.2) is 46.8 Å². The smallest absolute Gasteiger partial charge is 0.208 e. The third-order valence-electron chi connectivity index (χ3n) is 2.67. The van der Waals surface area contributed by atoms with E-state index in [4.69, 9.17) is 4.74 Å². The van der Waals surface area contributed by atoms with Crippen LogP contribution in [0.2, 0.25) is 0 Å².